The van der Waals surface area contributed by atoms with Crippen molar-refractivity contribution in [3.63, 3.8) is 0 Å². The fraction of sp³-hybridized carbons (Fsp3) is 0.167. The van der Waals surface area contributed by atoms with E-state index in [9.17, 15) is 0 Å². The molecule has 84 valence electrons. The van der Waals surface area contributed by atoms with Crippen molar-refractivity contribution in [2.75, 3.05) is 5.32 Å². The summed E-state index contributed by atoms with van der Waals surface area (Å²) in [6.07, 6.45) is 0. The Kier molecular flexibility index (Phi) is 3.90. The highest BCUT2D eigenvalue weighted by atomic mass is 79.9. The molecular weight excluding hydrogens is 306 g/mol. The molecule has 0 unspecified atom stereocenters. The van der Waals surface area contributed by atoms with E-state index < -0.39 is 0 Å². The maximum Gasteiger partial charge on any atom is 0.0502 e. The van der Waals surface area contributed by atoms with E-state index in [0.717, 1.165) is 27.3 Å². The molecule has 2 rings (SSSR count). The Morgan fingerprint density at radius 3 is 2.94 bits per heavy atom. The van der Waals surface area contributed by atoms with Crippen LogP contribution in [0.3, 0.4) is 0 Å². The van der Waals surface area contributed by atoms with Gasteiger partial charge in [-0.15, -0.1) is 0 Å². The van der Waals surface area contributed by atoms with Gasteiger partial charge in [-0.3, -0.25) is 0 Å². The third kappa shape index (κ3) is 2.78. The van der Waals surface area contributed by atoms with Crippen molar-refractivity contribution < 1.29 is 0 Å². The number of halogens is 2. The number of nitrogens with one attached hydrogen (secondary N) is 1. The third-order valence-electron chi connectivity index (χ3n) is 2.31. The maximum atomic E-state index is 6.09. The Balaban J connectivity index is 2.12. The van der Waals surface area contributed by atoms with Gasteiger partial charge in [-0.25, -0.2) is 0 Å². The Morgan fingerprint density at radius 1 is 1.44 bits per heavy atom. The van der Waals surface area contributed by atoms with Crippen LogP contribution >= 0.6 is 38.9 Å². The molecular formula is C12H11BrClNS. The number of anilines is 1. The Morgan fingerprint density at radius 2 is 2.25 bits per heavy atom. The van der Waals surface area contributed by atoms with E-state index in [1.807, 2.05) is 19.1 Å². The van der Waals surface area contributed by atoms with Crippen LogP contribution in [0.2, 0.25) is 5.02 Å². The van der Waals surface area contributed by atoms with E-state index in [1.54, 1.807) is 11.3 Å². The summed E-state index contributed by atoms with van der Waals surface area (Å²) in [5.41, 5.74) is 3.39. The average molecular weight is 317 g/mol. The number of hydrogen-bond donors (Lipinski definition) is 1. The monoisotopic (exact) mass is 315 g/mol. The number of aryl methyl sites for hydroxylation is 1. The molecule has 0 amide bonds. The number of thiophene rings is 1. The van der Waals surface area contributed by atoms with Crippen molar-refractivity contribution in [3.05, 3.63) is 49.6 Å². The second-order valence-corrected chi connectivity index (χ2v) is 5.61. The van der Waals surface area contributed by atoms with Gasteiger partial charge in [0.05, 0.1) is 5.69 Å². The van der Waals surface area contributed by atoms with Crippen molar-refractivity contribution in [1.29, 1.82) is 0 Å². The van der Waals surface area contributed by atoms with E-state index >= 15 is 0 Å². The van der Waals surface area contributed by atoms with Gasteiger partial charge < -0.3 is 5.32 Å². The van der Waals surface area contributed by atoms with Crippen molar-refractivity contribution in [3.8, 4) is 0 Å². The van der Waals surface area contributed by atoms with Gasteiger partial charge in [0, 0.05) is 16.0 Å². The molecule has 1 nitrogen and oxygen atoms in total. The molecule has 0 saturated heterocycles. The van der Waals surface area contributed by atoms with E-state index in [-0.39, 0.29) is 0 Å². The highest BCUT2D eigenvalue weighted by Gasteiger charge is 2.04. The normalized spacial score (nSPS) is 10.4. The number of benzene rings is 1. The fourth-order valence-corrected chi connectivity index (χ4v) is 2.80. The largest absolute Gasteiger partial charge is 0.380 e. The maximum absolute atomic E-state index is 6.09. The summed E-state index contributed by atoms with van der Waals surface area (Å²) in [5, 5.41) is 8.36. The minimum atomic E-state index is 0.788. The molecule has 2 aromatic rings. The molecule has 0 radical (unpaired) electrons. The summed E-state index contributed by atoms with van der Waals surface area (Å²) in [7, 11) is 0. The molecule has 0 atom stereocenters. The van der Waals surface area contributed by atoms with Gasteiger partial charge in [-0.05, 0) is 62.9 Å². The standard InChI is InChI=1S/C12H11BrClNS/c1-8-4-10(13)12(5-11(8)14)15-6-9-2-3-16-7-9/h2-5,7,15H,6H2,1H3. The van der Waals surface area contributed by atoms with Crippen molar-refractivity contribution in [2.45, 2.75) is 13.5 Å². The van der Waals surface area contributed by atoms with Gasteiger partial charge in [0.1, 0.15) is 0 Å². The molecule has 0 aliphatic carbocycles. The van der Waals surface area contributed by atoms with Crippen molar-refractivity contribution in [1.82, 2.24) is 0 Å². The van der Waals surface area contributed by atoms with Crippen LogP contribution < -0.4 is 5.32 Å². The summed E-state index contributed by atoms with van der Waals surface area (Å²) in [6.45, 7) is 2.82. The van der Waals surface area contributed by atoms with Crippen molar-refractivity contribution in [2.24, 2.45) is 0 Å². The molecule has 0 fully saturated rings. The predicted molar refractivity (Wildman–Crippen MR) is 75.5 cm³/mol. The summed E-state index contributed by atoms with van der Waals surface area (Å²) < 4.78 is 1.05. The molecule has 0 aliphatic heterocycles. The van der Waals surface area contributed by atoms with E-state index in [4.69, 9.17) is 11.6 Å². The van der Waals surface area contributed by atoms with Crippen LogP contribution in [0.5, 0.6) is 0 Å². The first-order valence-electron chi connectivity index (χ1n) is 4.87. The van der Waals surface area contributed by atoms with Crippen LogP contribution in [0.15, 0.2) is 33.4 Å². The second-order valence-electron chi connectivity index (χ2n) is 3.57. The first-order chi connectivity index (χ1) is 7.66. The lowest BCUT2D eigenvalue weighted by Crippen LogP contribution is -1.99. The Bertz CT molecular complexity index is 482. The smallest absolute Gasteiger partial charge is 0.0502 e. The van der Waals surface area contributed by atoms with E-state index in [2.05, 4.69) is 38.1 Å². The van der Waals surface area contributed by atoms with Gasteiger partial charge in [-0.2, -0.15) is 11.3 Å². The number of rotatable bonds is 3. The van der Waals surface area contributed by atoms with Crippen LogP contribution in [0.25, 0.3) is 0 Å². The van der Waals surface area contributed by atoms with Gasteiger partial charge in [0.2, 0.25) is 0 Å². The Labute approximate surface area is 113 Å². The molecule has 1 heterocycles. The van der Waals surface area contributed by atoms with E-state index in [1.165, 1.54) is 5.56 Å². The minimum absolute atomic E-state index is 0.788. The molecule has 4 heteroatoms. The molecule has 1 N–H and O–H groups in total. The Hall–Kier alpha value is -0.510. The SMILES string of the molecule is Cc1cc(Br)c(NCc2ccsc2)cc1Cl. The average Bonchev–Trinajstić information content (AvgIpc) is 2.74. The van der Waals surface area contributed by atoms with Crippen LogP contribution in [0.1, 0.15) is 11.1 Å². The molecule has 0 aliphatic rings. The summed E-state index contributed by atoms with van der Waals surface area (Å²) in [5.74, 6) is 0. The van der Waals surface area contributed by atoms with Gasteiger partial charge in [-0.1, -0.05) is 11.6 Å². The van der Waals surface area contributed by atoms with Gasteiger partial charge >= 0.3 is 0 Å². The number of hydrogen-bond acceptors (Lipinski definition) is 2. The van der Waals surface area contributed by atoms with Gasteiger partial charge in [0.25, 0.3) is 0 Å². The first-order valence-corrected chi connectivity index (χ1v) is 6.99. The zero-order valence-electron chi connectivity index (χ0n) is 8.76. The quantitative estimate of drug-likeness (QED) is 0.832. The zero-order valence-corrected chi connectivity index (χ0v) is 11.9. The highest BCUT2D eigenvalue weighted by molar-refractivity contribution is 9.10. The lowest BCUT2D eigenvalue weighted by Gasteiger charge is -2.09. The van der Waals surface area contributed by atoms with Crippen LogP contribution in [-0.4, -0.2) is 0 Å². The van der Waals surface area contributed by atoms with Crippen LogP contribution in [0, 0.1) is 6.92 Å². The lowest BCUT2D eigenvalue weighted by atomic mass is 10.2. The highest BCUT2D eigenvalue weighted by Crippen LogP contribution is 2.29. The summed E-state index contributed by atoms with van der Waals surface area (Å²) in [4.78, 5) is 0. The molecule has 0 bridgehead atoms. The molecule has 1 aromatic carbocycles. The third-order valence-corrected chi connectivity index (χ3v) is 4.11. The fourth-order valence-electron chi connectivity index (χ4n) is 1.37. The summed E-state index contributed by atoms with van der Waals surface area (Å²) in [6, 6.07) is 6.09. The van der Waals surface area contributed by atoms with Gasteiger partial charge in [0.15, 0.2) is 0 Å². The van der Waals surface area contributed by atoms with Crippen molar-refractivity contribution >= 4 is 44.6 Å². The van der Waals surface area contributed by atoms with E-state index in [0.29, 0.717) is 0 Å². The second kappa shape index (κ2) is 5.21. The minimum Gasteiger partial charge on any atom is -0.380 e. The lowest BCUT2D eigenvalue weighted by molar-refractivity contribution is 1.16. The van der Waals surface area contributed by atoms with Crippen LogP contribution in [0.4, 0.5) is 5.69 Å². The topological polar surface area (TPSA) is 12.0 Å². The zero-order chi connectivity index (χ0) is 11.5. The molecule has 1 aromatic heterocycles. The molecule has 16 heavy (non-hydrogen) atoms. The summed E-state index contributed by atoms with van der Waals surface area (Å²) >= 11 is 11.3. The van der Waals surface area contributed by atoms with Crippen LogP contribution in [-0.2, 0) is 6.54 Å². The molecule has 0 saturated carbocycles. The first kappa shape index (κ1) is 12.0. The molecule has 0 spiro atoms. The predicted octanol–water partition coefficient (Wildman–Crippen LogP) is 5.08.